The molecule has 6 rings (SSSR count). The average Bonchev–Trinajstić information content (AvgIpc) is 3.17. The molecule has 0 spiro atoms. The van der Waals surface area contributed by atoms with Crippen LogP contribution in [0.3, 0.4) is 0 Å². The monoisotopic (exact) mass is 407 g/mol. The van der Waals surface area contributed by atoms with Crippen LogP contribution in [0.4, 0.5) is 5.82 Å². The van der Waals surface area contributed by atoms with Gasteiger partial charge < -0.3 is 10.6 Å². The number of pyridine rings is 1. The molecule has 4 saturated carbocycles. The molecule has 4 aliphatic carbocycles. The minimum atomic E-state index is -0.229. The number of nitrogens with zero attached hydrogens (tertiary/aromatic N) is 3. The Balaban J connectivity index is 1.10. The minimum Gasteiger partial charge on any atom is -0.347 e. The van der Waals surface area contributed by atoms with Gasteiger partial charge in [-0.05, 0) is 80.4 Å². The molecule has 0 unspecified atom stereocenters. The number of nitrogens with one attached hydrogen (secondary N) is 2. The Bertz CT molecular complexity index is 887. The van der Waals surface area contributed by atoms with Crippen molar-refractivity contribution in [2.45, 2.75) is 51.5 Å². The van der Waals surface area contributed by atoms with Gasteiger partial charge in [-0.25, -0.2) is 0 Å². The minimum absolute atomic E-state index is 0.00442. The van der Waals surface area contributed by atoms with E-state index in [0.717, 1.165) is 32.2 Å². The lowest BCUT2D eigenvalue weighted by molar-refractivity contribution is -0.146. The van der Waals surface area contributed by atoms with E-state index in [0.29, 0.717) is 23.6 Å². The molecule has 4 bridgehead atoms. The zero-order valence-corrected chi connectivity index (χ0v) is 17.2. The van der Waals surface area contributed by atoms with Crippen molar-refractivity contribution in [3.05, 3.63) is 42.4 Å². The van der Waals surface area contributed by atoms with Gasteiger partial charge in [0.15, 0.2) is 5.82 Å². The van der Waals surface area contributed by atoms with Gasteiger partial charge in [-0.2, -0.15) is 5.10 Å². The normalized spacial score (nSPS) is 29.0. The van der Waals surface area contributed by atoms with Crippen molar-refractivity contribution >= 4 is 17.6 Å². The van der Waals surface area contributed by atoms with Gasteiger partial charge in [0.25, 0.3) is 0 Å². The number of hydrogen-bond donors (Lipinski definition) is 2. The summed E-state index contributed by atoms with van der Waals surface area (Å²) in [6.45, 7) is 0.729. The highest BCUT2D eigenvalue weighted by Crippen LogP contribution is 2.60. The van der Waals surface area contributed by atoms with Gasteiger partial charge in [-0.15, -0.1) is 0 Å². The van der Waals surface area contributed by atoms with Crippen LogP contribution in [0.2, 0.25) is 0 Å². The zero-order chi connectivity index (χ0) is 20.6. The van der Waals surface area contributed by atoms with E-state index in [9.17, 15) is 9.59 Å². The Hall–Kier alpha value is -2.70. The van der Waals surface area contributed by atoms with E-state index in [2.05, 4.69) is 20.7 Å². The van der Waals surface area contributed by atoms with Crippen LogP contribution in [-0.2, 0) is 22.6 Å². The van der Waals surface area contributed by atoms with E-state index in [1.807, 2.05) is 23.0 Å². The van der Waals surface area contributed by atoms with E-state index in [-0.39, 0.29) is 23.8 Å². The van der Waals surface area contributed by atoms with Crippen LogP contribution in [0.5, 0.6) is 0 Å². The van der Waals surface area contributed by atoms with E-state index in [1.165, 1.54) is 24.8 Å². The number of amides is 2. The lowest BCUT2D eigenvalue weighted by atomic mass is 9.49. The molecular weight excluding hydrogens is 378 g/mol. The highest BCUT2D eigenvalue weighted by atomic mass is 16.2. The molecule has 0 aromatic carbocycles. The molecule has 7 heteroatoms. The quantitative estimate of drug-likeness (QED) is 0.739. The van der Waals surface area contributed by atoms with Crippen molar-refractivity contribution < 1.29 is 9.59 Å². The highest BCUT2D eigenvalue weighted by Gasteiger charge is 2.54. The summed E-state index contributed by atoms with van der Waals surface area (Å²) in [6.07, 6.45) is 13.2. The summed E-state index contributed by atoms with van der Waals surface area (Å²) < 4.78 is 1.81. The molecule has 2 heterocycles. The van der Waals surface area contributed by atoms with Gasteiger partial charge in [0, 0.05) is 36.6 Å². The summed E-state index contributed by atoms with van der Waals surface area (Å²) >= 11 is 0. The lowest BCUT2D eigenvalue weighted by Gasteiger charge is -2.55. The Morgan fingerprint density at radius 2 is 1.70 bits per heavy atom. The standard InChI is InChI=1S/C23H29N5O2/c29-21(26-20-4-8-28(27-20)7-3-16-1-5-24-6-2-16)15-25-22(30)23-12-17-9-18(13-23)11-19(10-17)14-23/h1-2,4-6,8,17-19H,3,7,9-15H2,(H,25,30)(H,26,27,29). The maximum atomic E-state index is 13.0. The zero-order valence-electron chi connectivity index (χ0n) is 17.2. The summed E-state index contributed by atoms with van der Waals surface area (Å²) in [5.74, 6) is 2.51. The molecule has 2 aromatic heterocycles. The number of aromatic nitrogens is 3. The maximum Gasteiger partial charge on any atom is 0.244 e. The maximum absolute atomic E-state index is 13.0. The first-order chi connectivity index (χ1) is 14.6. The van der Waals surface area contributed by atoms with E-state index in [1.54, 1.807) is 18.5 Å². The van der Waals surface area contributed by atoms with Crippen LogP contribution < -0.4 is 10.6 Å². The second kappa shape index (κ2) is 7.85. The van der Waals surface area contributed by atoms with Gasteiger partial charge in [0.2, 0.25) is 11.8 Å². The Labute approximate surface area is 176 Å². The highest BCUT2D eigenvalue weighted by molar-refractivity contribution is 5.94. The number of rotatable bonds is 7. The Morgan fingerprint density at radius 3 is 2.37 bits per heavy atom. The molecular formula is C23H29N5O2. The summed E-state index contributed by atoms with van der Waals surface area (Å²) in [5.41, 5.74) is 0.974. The molecule has 30 heavy (non-hydrogen) atoms. The molecule has 4 fully saturated rings. The number of anilines is 1. The van der Waals surface area contributed by atoms with Crippen molar-refractivity contribution in [1.29, 1.82) is 0 Å². The molecule has 0 atom stereocenters. The third kappa shape index (κ3) is 3.98. The van der Waals surface area contributed by atoms with E-state index < -0.39 is 0 Å². The van der Waals surface area contributed by atoms with Crippen LogP contribution in [0.15, 0.2) is 36.8 Å². The smallest absolute Gasteiger partial charge is 0.244 e. The summed E-state index contributed by atoms with van der Waals surface area (Å²) in [5, 5.41) is 10.1. The topological polar surface area (TPSA) is 88.9 Å². The molecule has 0 saturated heterocycles. The van der Waals surface area contributed by atoms with Crippen molar-refractivity contribution in [1.82, 2.24) is 20.1 Å². The third-order valence-electron chi connectivity index (χ3n) is 7.22. The number of aryl methyl sites for hydroxylation is 2. The van der Waals surface area contributed by atoms with Crippen molar-refractivity contribution in [2.24, 2.45) is 23.2 Å². The molecule has 2 amide bonds. The van der Waals surface area contributed by atoms with Crippen LogP contribution >= 0.6 is 0 Å². The first kappa shape index (κ1) is 19.3. The number of carbonyl (C=O) groups is 2. The van der Waals surface area contributed by atoms with Crippen LogP contribution in [0, 0.1) is 23.2 Å². The predicted molar refractivity (Wildman–Crippen MR) is 112 cm³/mol. The van der Waals surface area contributed by atoms with Crippen LogP contribution in [0.25, 0.3) is 0 Å². The van der Waals surface area contributed by atoms with Crippen molar-refractivity contribution in [3.8, 4) is 0 Å². The first-order valence-corrected chi connectivity index (χ1v) is 11.1. The van der Waals surface area contributed by atoms with E-state index >= 15 is 0 Å². The second-order valence-electron chi connectivity index (χ2n) is 9.50. The van der Waals surface area contributed by atoms with Gasteiger partial charge in [0.1, 0.15) is 0 Å². The third-order valence-corrected chi connectivity index (χ3v) is 7.22. The van der Waals surface area contributed by atoms with Crippen molar-refractivity contribution in [2.75, 3.05) is 11.9 Å². The molecule has 2 N–H and O–H groups in total. The van der Waals surface area contributed by atoms with Crippen molar-refractivity contribution in [3.63, 3.8) is 0 Å². The fourth-order valence-electron chi connectivity index (χ4n) is 6.27. The van der Waals surface area contributed by atoms with Gasteiger partial charge in [-0.3, -0.25) is 19.3 Å². The first-order valence-electron chi connectivity index (χ1n) is 11.1. The summed E-state index contributed by atoms with van der Waals surface area (Å²) in [6, 6.07) is 5.75. The molecule has 158 valence electrons. The number of hydrogen-bond acceptors (Lipinski definition) is 4. The molecule has 7 nitrogen and oxygen atoms in total. The lowest BCUT2D eigenvalue weighted by Crippen LogP contribution is -2.54. The van der Waals surface area contributed by atoms with Crippen LogP contribution in [0.1, 0.15) is 44.1 Å². The fraction of sp³-hybridized carbons (Fsp3) is 0.565. The fourth-order valence-corrected chi connectivity index (χ4v) is 6.27. The SMILES string of the molecule is O=C(CNC(=O)C12CC3CC(CC(C3)C1)C2)Nc1ccn(CCc2ccncc2)n1. The summed E-state index contributed by atoms with van der Waals surface area (Å²) in [4.78, 5) is 29.3. The largest absolute Gasteiger partial charge is 0.347 e. The number of carbonyl (C=O) groups excluding carboxylic acids is 2. The van der Waals surface area contributed by atoms with E-state index in [4.69, 9.17) is 0 Å². The molecule has 2 aromatic rings. The van der Waals surface area contributed by atoms with Gasteiger partial charge in [-0.1, -0.05) is 0 Å². The molecule has 0 aliphatic heterocycles. The Morgan fingerprint density at radius 1 is 1.03 bits per heavy atom. The average molecular weight is 408 g/mol. The second-order valence-corrected chi connectivity index (χ2v) is 9.50. The van der Waals surface area contributed by atoms with Gasteiger partial charge in [0.05, 0.1) is 6.54 Å². The molecule has 0 radical (unpaired) electrons. The predicted octanol–water partition coefficient (Wildman–Crippen LogP) is 2.79. The Kier molecular flexibility index (Phi) is 5.05. The molecule has 4 aliphatic rings. The van der Waals surface area contributed by atoms with Gasteiger partial charge >= 0.3 is 0 Å². The summed E-state index contributed by atoms with van der Waals surface area (Å²) in [7, 11) is 0. The van der Waals surface area contributed by atoms with Crippen LogP contribution in [-0.4, -0.2) is 33.1 Å².